The molecule has 2 N–H and O–H groups in total. The summed E-state index contributed by atoms with van der Waals surface area (Å²) >= 11 is 0. The summed E-state index contributed by atoms with van der Waals surface area (Å²) in [6.07, 6.45) is 5.70. The van der Waals surface area contributed by atoms with Gasteiger partial charge in [-0.25, -0.2) is 0 Å². The van der Waals surface area contributed by atoms with Crippen molar-refractivity contribution in [3.05, 3.63) is 78.1 Å². The molecule has 0 unspecified atom stereocenters. The van der Waals surface area contributed by atoms with Crippen LogP contribution in [-0.4, -0.2) is 24.0 Å². The molecule has 144 valence electrons. The first-order valence-electron chi connectivity index (χ1n) is 9.60. The van der Waals surface area contributed by atoms with Gasteiger partial charge in [0.05, 0.1) is 29.1 Å². The Bertz CT molecular complexity index is 1050. The Labute approximate surface area is 169 Å². The molecule has 6 heteroatoms. The molecule has 0 atom stereocenters. The minimum absolute atomic E-state index is 0.277. The monoisotopic (exact) mass is 383 g/mol. The van der Waals surface area contributed by atoms with Gasteiger partial charge in [0, 0.05) is 36.3 Å². The van der Waals surface area contributed by atoms with E-state index in [2.05, 4.69) is 38.7 Å². The number of hydrogen-bond donors (Lipinski definition) is 2. The van der Waals surface area contributed by atoms with Gasteiger partial charge in [-0.2, -0.15) is 5.26 Å². The number of carbonyl (C=O) groups excluding carboxylic acids is 1. The second-order valence-corrected chi connectivity index (χ2v) is 6.98. The van der Waals surface area contributed by atoms with E-state index in [1.807, 2.05) is 12.1 Å². The number of rotatable bonds is 5. The van der Waals surface area contributed by atoms with Gasteiger partial charge in [-0.05, 0) is 61.4 Å². The zero-order chi connectivity index (χ0) is 20.1. The Morgan fingerprint density at radius 3 is 2.52 bits per heavy atom. The zero-order valence-electron chi connectivity index (χ0n) is 15.9. The Morgan fingerprint density at radius 1 is 0.966 bits per heavy atom. The summed E-state index contributed by atoms with van der Waals surface area (Å²) in [6, 6.07) is 18.9. The van der Waals surface area contributed by atoms with E-state index in [0.717, 1.165) is 24.5 Å². The number of benzene rings is 2. The molecule has 6 nitrogen and oxygen atoms in total. The summed E-state index contributed by atoms with van der Waals surface area (Å²) in [5.41, 5.74) is 4.41. The first-order chi connectivity index (χ1) is 14.2. The van der Waals surface area contributed by atoms with Crippen LogP contribution in [0.1, 0.15) is 28.8 Å². The summed E-state index contributed by atoms with van der Waals surface area (Å²) in [5.74, 6) is -0.277. The van der Waals surface area contributed by atoms with E-state index in [1.54, 1.807) is 36.5 Å². The summed E-state index contributed by atoms with van der Waals surface area (Å²) in [5, 5.41) is 15.1. The summed E-state index contributed by atoms with van der Waals surface area (Å²) in [7, 11) is 0. The summed E-state index contributed by atoms with van der Waals surface area (Å²) in [6.45, 7) is 2.23. The molecule has 0 radical (unpaired) electrons. The molecule has 0 spiro atoms. The fourth-order valence-electron chi connectivity index (χ4n) is 3.40. The van der Waals surface area contributed by atoms with Gasteiger partial charge in [0.1, 0.15) is 0 Å². The molecule has 1 fully saturated rings. The summed E-state index contributed by atoms with van der Waals surface area (Å²) in [4.78, 5) is 19.1. The van der Waals surface area contributed by atoms with Crippen molar-refractivity contribution in [3.63, 3.8) is 0 Å². The first kappa shape index (κ1) is 18.5. The highest BCUT2D eigenvalue weighted by Gasteiger charge is 2.12. The third-order valence-electron chi connectivity index (χ3n) is 4.88. The standard InChI is InChI=1S/C23H21N5O/c24-14-17-4-3-5-20(12-17)27-23(29)18-13-21(16-25-15-18)26-19-6-8-22(9-7-19)28-10-1-2-11-28/h3-9,12-13,15-16,26H,1-2,10-11H2,(H,27,29). The van der Waals surface area contributed by atoms with Gasteiger partial charge in [0.15, 0.2) is 0 Å². The Balaban J connectivity index is 1.44. The number of carbonyl (C=O) groups is 1. The average molecular weight is 383 g/mol. The predicted octanol–water partition coefficient (Wildman–Crippen LogP) is 4.55. The second kappa shape index (κ2) is 8.44. The molecule has 1 aliphatic rings. The highest BCUT2D eigenvalue weighted by Crippen LogP contribution is 2.24. The molecular weight excluding hydrogens is 362 g/mol. The van der Waals surface area contributed by atoms with E-state index in [9.17, 15) is 4.79 Å². The highest BCUT2D eigenvalue weighted by atomic mass is 16.1. The maximum Gasteiger partial charge on any atom is 0.257 e. The molecule has 0 aliphatic carbocycles. The lowest BCUT2D eigenvalue weighted by molar-refractivity contribution is 0.102. The SMILES string of the molecule is N#Cc1cccc(NC(=O)c2cncc(Nc3ccc(N4CCCC4)cc3)c2)c1. The Morgan fingerprint density at radius 2 is 1.76 bits per heavy atom. The molecule has 1 amide bonds. The average Bonchev–Trinajstić information content (AvgIpc) is 3.29. The largest absolute Gasteiger partial charge is 0.372 e. The van der Waals surface area contributed by atoms with Gasteiger partial charge < -0.3 is 15.5 Å². The smallest absolute Gasteiger partial charge is 0.257 e. The third-order valence-corrected chi connectivity index (χ3v) is 4.88. The normalized spacial score (nSPS) is 13.0. The van der Waals surface area contributed by atoms with Crippen LogP contribution in [0.2, 0.25) is 0 Å². The van der Waals surface area contributed by atoms with E-state index in [4.69, 9.17) is 5.26 Å². The van der Waals surface area contributed by atoms with Gasteiger partial charge in [-0.3, -0.25) is 9.78 Å². The highest BCUT2D eigenvalue weighted by molar-refractivity contribution is 6.04. The number of aromatic nitrogens is 1. The van der Waals surface area contributed by atoms with E-state index in [0.29, 0.717) is 16.8 Å². The van der Waals surface area contributed by atoms with Crippen molar-refractivity contribution in [1.82, 2.24) is 4.98 Å². The molecule has 1 saturated heterocycles. The van der Waals surface area contributed by atoms with Crippen LogP contribution in [0.4, 0.5) is 22.7 Å². The molecule has 0 bridgehead atoms. The maximum atomic E-state index is 12.5. The van der Waals surface area contributed by atoms with Crippen molar-refractivity contribution in [3.8, 4) is 6.07 Å². The van der Waals surface area contributed by atoms with Gasteiger partial charge in [0.25, 0.3) is 5.91 Å². The van der Waals surface area contributed by atoms with Crippen molar-refractivity contribution in [1.29, 1.82) is 5.26 Å². The van der Waals surface area contributed by atoms with Crippen molar-refractivity contribution in [2.45, 2.75) is 12.8 Å². The second-order valence-electron chi connectivity index (χ2n) is 6.98. The molecular formula is C23H21N5O. The number of hydrogen-bond acceptors (Lipinski definition) is 5. The number of nitriles is 1. The molecule has 1 aromatic heterocycles. The lowest BCUT2D eigenvalue weighted by Crippen LogP contribution is -2.17. The van der Waals surface area contributed by atoms with Crippen molar-refractivity contribution >= 4 is 28.7 Å². The fourth-order valence-corrected chi connectivity index (χ4v) is 3.40. The van der Waals surface area contributed by atoms with Crippen LogP contribution in [0.25, 0.3) is 0 Å². The zero-order valence-corrected chi connectivity index (χ0v) is 15.9. The van der Waals surface area contributed by atoms with E-state index in [-0.39, 0.29) is 5.91 Å². The quantitative estimate of drug-likeness (QED) is 0.676. The minimum atomic E-state index is -0.277. The number of amides is 1. The van der Waals surface area contributed by atoms with E-state index in [1.165, 1.54) is 24.7 Å². The molecule has 29 heavy (non-hydrogen) atoms. The topological polar surface area (TPSA) is 81.0 Å². The molecule has 2 heterocycles. The van der Waals surface area contributed by atoms with Gasteiger partial charge in [-0.1, -0.05) is 6.07 Å². The van der Waals surface area contributed by atoms with Crippen molar-refractivity contribution in [2.75, 3.05) is 28.6 Å². The van der Waals surface area contributed by atoms with Gasteiger partial charge >= 0.3 is 0 Å². The number of pyridine rings is 1. The van der Waals surface area contributed by atoms with Crippen molar-refractivity contribution < 1.29 is 4.79 Å². The minimum Gasteiger partial charge on any atom is -0.372 e. The van der Waals surface area contributed by atoms with Crippen LogP contribution >= 0.6 is 0 Å². The maximum absolute atomic E-state index is 12.5. The van der Waals surface area contributed by atoms with E-state index >= 15 is 0 Å². The third kappa shape index (κ3) is 4.53. The lowest BCUT2D eigenvalue weighted by atomic mass is 10.2. The first-order valence-corrected chi connectivity index (χ1v) is 9.60. The van der Waals surface area contributed by atoms with E-state index < -0.39 is 0 Å². The summed E-state index contributed by atoms with van der Waals surface area (Å²) < 4.78 is 0. The molecule has 0 saturated carbocycles. The Hall–Kier alpha value is -3.85. The van der Waals surface area contributed by atoms with Gasteiger partial charge in [0.2, 0.25) is 0 Å². The molecule has 4 rings (SSSR count). The number of anilines is 4. The Kier molecular flexibility index (Phi) is 5.39. The predicted molar refractivity (Wildman–Crippen MR) is 115 cm³/mol. The van der Waals surface area contributed by atoms with Crippen LogP contribution in [0.3, 0.4) is 0 Å². The van der Waals surface area contributed by atoms with Crippen LogP contribution in [0.15, 0.2) is 67.0 Å². The van der Waals surface area contributed by atoms with Crippen molar-refractivity contribution in [2.24, 2.45) is 0 Å². The number of nitrogens with zero attached hydrogens (tertiary/aromatic N) is 3. The van der Waals surface area contributed by atoms with Crippen LogP contribution in [0, 0.1) is 11.3 Å². The molecule has 1 aliphatic heterocycles. The van der Waals surface area contributed by atoms with Crippen LogP contribution in [-0.2, 0) is 0 Å². The van der Waals surface area contributed by atoms with Crippen LogP contribution in [0.5, 0.6) is 0 Å². The van der Waals surface area contributed by atoms with Crippen LogP contribution < -0.4 is 15.5 Å². The van der Waals surface area contributed by atoms with Gasteiger partial charge in [-0.15, -0.1) is 0 Å². The molecule has 3 aromatic rings. The fraction of sp³-hybridized carbons (Fsp3) is 0.174. The molecule has 2 aromatic carbocycles. The number of nitrogens with one attached hydrogen (secondary N) is 2. The lowest BCUT2D eigenvalue weighted by Gasteiger charge is -2.18.